The van der Waals surface area contributed by atoms with Gasteiger partial charge < -0.3 is 15.4 Å². The highest BCUT2D eigenvalue weighted by atomic mass is 16.5. The highest BCUT2D eigenvalue weighted by Gasteiger charge is 2.20. The van der Waals surface area contributed by atoms with Gasteiger partial charge in [0.15, 0.2) is 0 Å². The molecule has 5 heteroatoms. The molecular weight excluding hydrogens is 194 g/mol. The van der Waals surface area contributed by atoms with Crippen LogP contribution in [0.1, 0.15) is 20.3 Å². The Hall–Kier alpha value is -1.28. The van der Waals surface area contributed by atoms with E-state index in [1.807, 2.05) is 0 Å². The average molecular weight is 211 g/mol. The van der Waals surface area contributed by atoms with Gasteiger partial charge in [-0.05, 0) is 20.3 Å². The number of hydrogen-bond donors (Lipinski definition) is 2. The fourth-order valence-electron chi connectivity index (χ4n) is 1.23. The molecule has 1 heterocycles. The first-order valence-corrected chi connectivity index (χ1v) is 5.07. The van der Waals surface area contributed by atoms with Crippen LogP contribution in [0.5, 0.6) is 0 Å². The van der Waals surface area contributed by atoms with Crippen LogP contribution in [0, 0.1) is 16.7 Å². The van der Waals surface area contributed by atoms with E-state index >= 15 is 0 Å². The minimum atomic E-state index is -0.524. The van der Waals surface area contributed by atoms with Gasteiger partial charge in [0.2, 0.25) is 0 Å². The molecule has 0 saturated carbocycles. The second-order valence-corrected chi connectivity index (χ2v) is 4.38. The first-order valence-electron chi connectivity index (χ1n) is 5.07. The van der Waals surface area contributed by atoms with Gasteiger partial charge in [0.05, 0.1) is 24.1 Å². The van der Waals surface area contributed by atoms with Crippen molar-refractivity contribution in [2.75, 3.05) is 19.8 Å². The number of hydrogen-bond acceptors (Lipinski definition) is 3. The normalized spacial score (nSPS) is 20.7. The van der Waals surface area contributed by atoms with Gasteiger partial charge in [-0.2, -0.15) is 5.26 Å². The number of amides is 2. The van der Waals surface area contributed by atoms with Crippen LogP contribution in [0.2, 0.25) is 0 Å². The van der Waals surface area contributed by atoms with E-state index in [1.165, 1.54) is 0 Å². The molecule has 1 aliphatic rings. The highest BCUT2D eigenvalue weighted by Crippen LogP contribution is 2.10. The summed E-state index contributed by atoms with van der Waals surface area (Å²) in [4.78, 5) is 11.4. The molecule has 0 aromatic carbocycles. The van der Waals surface area contributed by atoms with E-state index in [9.17, 15) is 4.79 Å². The molecule has 1 fully saturated rings. The second-order valence-electron chi connectivity index (χ2n) is 4.38. The van der Waals surface area contributed by atoms with Gasteiger partial charge in [-0.3, -0.25) is 0 Å². The Kier molecular flexibility index (Phi) is 3.92. The Morgan fingerprint density at radius 2 is 2.40 bits per heavy atom. The molecule has 15 heavy (non-hydrogen) atoms. The summed E-state index contributed by atoms with van der Waals surface area (Å²) in [6, 6.07) is 2.00. The minimum absolute atomic E-state index is 0.107. The number of nitriles is 1. The molecule has 5 nitrogen and oxygen atoms in total. The smallest absolute Gasteiger partial charge is 0.315 e. The summed E-state index contributed by atoms with van der Waals surface area (Å²) < 4.78 is 5.13. The lowest BCUT2D eigenvalue weighted by Crippen LogP contribution is -2.45. The van der Waals surface area contributed by atoms with E-state index in [0.717, 1.165) is 6.42 Å². The van der Waals surface area contributed by atoms with Crippen LogP contribution in [0.15, 0.2) is 0 Å². The Bertz CT molecular complexity index is 264. The minimum Gasteiger partial charge on any atom is -0.379 e. The summed E-state index contributed by atoms with van der Waals surface area (Å²) in [5.74, 6) is 0. The van der Waals surface area contributed by atoms with Crippen molar-refractivity contribution < 1.29 is 9.53 Å². The number of rotatable bonds is 3. The molecular formula is C10H17N3O2. The number of nitrogens with one attached hydrogen (secondary N) is 2. The van der Waals surface area contributed by atoms with Crippen molar-refractivity contribution in [2.45, 2.75) is 26.3 Å². The van der Waals surface area contributed by atoms with E-state index in [0.29, 0.717) is 19.8 Å². The van der Waals surface area contributed by atoms with Gasteiger partial charge in [-0.1, -0.05) is 0 Å². The second kappa shape index (κ2) is 4.99. The summed E-state index contributed by atoms with van der Waals surface area (Å²) in [6.07, 6.45) is 0.856. The van der Waals surface area contributed by atoms with E-state index in [-0.39, 0.29) is 12.1 Å². The number of carbonyl (C=O) groups is 1. The molecule has 2 N–H and O–H groups in total. The predicted molar refractivity (Wildman–Crippen MR) is 55.2 cm³/mol. The molecule has 1 atom stereocenters. The molecule has 0 aromatic rings. The zero-order valence-corrected chi connectivity index (χ0v) is 9.17. The van der Waals surface area contributed by atoms with Crippen LogP contribution in [-0.4, -0.2) is 31.8 Å². The number of ether oxygens (including phenoxy) is 1. The Labute approximate surface area is 89.8 Å². The molecule has 1 aliphatic heterocycles. The van der Waals surface area contributed by atoms with Crippen LogP contribution in [-0.2, 0) is 4.74 Å². The summed E-state index contributed by atoms with van der Waals surface area (Å²) in [5, 5.41) is 14.2. The zero-order valence-electron chi connectivity index (χ0n) is 9.17. The van der Waals surface area contributed by atoms with Crippen LogP contribution >= 0.6 is 0 Å². The number of carbonyl (C=O) groups excluding carboxylic acids is 1. The lowest BCUT2D eigenvalue weighted by Gasteiger charge is -2.17. The topological polar surface area (TPSA) is 74.2 Å². The maximum Gasteiger partial charge on any atom is 0.315 e. The SMILES string of the molecule is CC(C)(C#N)CNC(=O)NC1CCOC1. The lowest BCUT2D eigenvalue weighted by molar-refractivity contribution is 0.188. The van der Waals surface area contributed by atoms with Crippen molar-refractivity contribution in [3.8, 4) is 6.07 Å². The highest BCUT2D eigenvalue weighted by molar-refractivity contribution is 5.74. The van der Waals surface area contributed by atoms with Crippen molar-refractivity contribution in [3.05, 3.63) is 0 Å². The molecule has 1 unspecified atom stereocenters. The van der Waals surface area contributed by atoms with Crippen molar-refractivity contribution >= 4 is 6.03 Å². The standard InChI is InChI=1S/C10H17N3O2/c1-10(2,6-11)7-12-9(14)13-8-3-4-15-5-8/h8H,3-5,7H2,1-2H3,(H2,12,13,14). The Morgan fingerprint density at radius 1 is 1.67 bits per heavy atom. The molecule has 0 aliphatic carbocycles. The predicted octanol–water partition coefficient (Wildman–Crippen LogP) is 0.624. The van der Waals surface area contributed by atoms with Crippen molar-refractivity contribution in [3.63, 3.8) is 0 Å². The van der Waals surface area contributed by atoms with Gasteiger partial charge in [-0.15, -0.1) is 0 Å². The van der Waals surface area contributed by atoms with Crippen LogP contribution in [0.4, 0.5) is 4.79 Å². The third kappa shape index (κ3) is 4.17. The van der Waals surface area contributed by atoms with Crippen LogP contribution < -0.4 is 10.6 Å². The summed E-state index contributed by atoms with van der Waals surface area (Å²) >= 11 is 0. The van der Waals surface area contributed by atoms with Crippen molar-refractivity contribution in [2.24, 2.45) is 5.41 Å². The van der Waals surface area contributed by atoms with Gasteiger partial charge in [0.1, 0.15) is 0 Å². The lowest BCUT2D eigenvalue weighted by atomic mass is 9.96. The Morgan fingerprint density at radius 3 is 2.93 bits per heavy atom. The van der Waals surface area contributed by atoms with E-state index in [2.05, 4.69) is 16.7 Å². The number of urea groups is 1. The van der Waals surface area contributed by atoms with Gasteiger partial charge in [0.25, 0.3) is 0 Å². The van der Waals surface area contributed by atoms with E-state index in [4.69, 9.17) is 10.00 Å². The van der Waals surface area contributed by atoms with E-state index < -0.39 is 5.41 Å². The number of nitrogens with zero attached hydrogens (tertiary/aromatic N) is 1. The molecule has 0 bridgehead atoms. The molecule has 1 saturated heterocycles. The molecule has 0 radical (unpaired) electrons. The first-order chi connectivity index (χ1) is 7.03. The third-order valence-corrected chi connectivity index (χ3v) is 2.26. The fraction of sp³-hybridized carbons (Fsp3) is 0.800. The van der Waals surface area contributed by atoms with E-state index in [1.54, 1.807) is 13.8 Å². The maximum atomic E-state index is 11.4. The van der Waals surface area contributed by atoms with Crippen LogP contribution in [0.3, 0.4) is 0 Å². The third-order valence-electron chi connectivity index (χ3n) is 2.26. The summed E-state index contributed by atoms with van der Waals surface area (Å²) in [6.45, 7) is 5.20. The molecule has 0 aromatic heterocycles. The fourth-order valence-corrected chi connectivity index (χ4v) is 1.23. The zero-order chi connectivity index (χ0) is 11.3. The maximum absolute atomic E-state index is 11.4. The summed E-state index contributed by atoms with van der Waals surface area (Å²) in [5.41, 5.74) is -0.524. The quantitative estimate of drug-likeness (QED) is 0.718. The largest absolute Gasteiger partial charge is 0.379 e. The summed E-state index contributed by atoms with van der Waals surface area (Å²) in [7, 11) is 0. The van der Waals surface area contributed by atoms with Gasteiger partial charge >= 0.3 is 6.03 Å². The molecule has 84 valence electrons. The first kappa shape index (κ1) is 11.8. The molecule has 0 spiro atoms. The monoisotopic (exact) mass is 211 g/mol. The van der Waals surface area contributed by atoms with Gasteiger partial charge in [-0.25, -0.2) is 4.79 Å². The van der Waals surface area contributed by atoms with Gasteiger partial charge in [0, 0.05) is 13.2 Å². The van der Waals surface area contributed by atoms with Crippen molar-refractivity contribution in [1.82, 2.24) is 10.6 Å². The van der Waals surface area contributed by atoms with Crippen molar-refractivity contribution in [1.29, 1.82) is 5.26 Å². The average Bonchev–Trinajstić information content (AvgIpc) is 2.68. The van der Waals surface area contributed by atoms with Crippen LogP contribution in [0.25, 0.3) is 0 Å². The Balaban J connectivity index is 2.22. The molecule has 1 rings (SSSR count). The molecule has 2 amide bonds.